The van der Waals surface area contributed by atoms with Gasteiger partial charge in [0.2, 0.25) is 5.91 Å². The van der Waals surface area contributed by atoms with Gasteiger partial charge in [-0.15, -0.1) is 0 Å². The molecule has 0 radical (unpaired) electrons. The minimum atomic E-state index is -1.47. The predicted molar refractivity (Wildman–Crippen MR) is 69.7 cm³/mol. The number of carbonyl (C=O) groups is 3. The Labute approximate surface area is 119 Å². The summed E-state index contributed by atoms with van der Waals surface area (Å²) in [5.41, 5.74) is 0.458. The maximum absolute atomic E-state index is 11.7. The average molecular weight is 290 g/mol. The Morgan fingerprint density at radius 3 is 2.81 bits per heavy atom. The molecule has 1 saturated heterocycles. The van der Waals surface area contributed by atoms with Crippen LogP contribution in [0.5, 0.6) is 5.75 Å². The number of imide groups is 1. The number of hydrogen-bond acceptors (Lipinski definition) is 5. The van der Waals surface area contributed by atoms with Crippen molar-refractivity contribution in [2.24, 2.45) is 0 Å². The summed E-state index contributed by atoms with van der Waals surface area (Å²) in [6.07, 6.45) is 0.136. The highest BCUT2D eigenvalue weighted by Crippen LogP contribution is 2.32. The Balaban J connectivity index is 1.96. The van der Waals surface area contributed by atoms with E-state index in [4.69, 9.17) is 9.76 Å². The second kappa shape index (κ2) is 4.78. The van der Waals surface area contributed by atoms with Gasteiger partial charge in [0.25, 0.3) is 0 Å². The van der Waals surface area contributed by atoms with Crippen LogP contribution in [0.2, 0.25) is 0 Å². The number of benzene rings is 1. The van der Waals surface area contributed by atoms with Crippen LogP contribution < -0.4 is 9.97 Å². The topological polar surface area (TPSA) is 116 Å². The van der Waals surface area contributed by atoms with Crippen molar-refractivity contribution in [1.82, 2.24) is 10.2 Å². The highest BCUT2D eigenvalue weighted by molar-refractivity contribution is 6.47. The van der Waals surface area contributed by atoms with Crippen LogP contribution in [0.4, 0.5) is 4.79 Å². The summed E-state index contributed by atoms with van der Waals surface area (Å²) in [5, 5.41) is 21.5. The standard InChI is InChI=1S/C12H11BN2O6/c16-9-5-14-12(19)15(9)8-4-6-2-1-3-7(11(17)18)10(6)21-13(8)20/h1-3,8,20H,4-5H2,(H,14,19)(H,17,18)/t8-/m0/s1. The summed E-state index contributed by atoms with van der Waals surface area (Å²) in [6.45, 7) is -0.121. The highest BCUT2D eigenvalue weighted by Gasteiger charge is 2.46. The predicted octanol–water partition coefficient (Wildman–Crippen LogP) is -0.740. The number of urea groups is 1. The van der Waals surface area contributed by atoms with Crippen molar-refractivity contribution in [3.63, 3.8) is 0 Å². The second-order valence-corrected chi connectivity index (χ2v) is 4.80. The molecule has 2 heterocycles. The number of para-hydroxylation sites is 1. The Kier molecular flexibility index (Phi) is 3.06. The van der Waals surface area contributed by atoms with E-state index in [1.165, 1.54) is 6.07 Å². The second-order valence-electron chi connectivity index (χ2n) is 4.80. The molecule has 9 heteroatoms. The molecule has 0 aromatic heterocycles. The Morgan fingerprint density at radius 1 is 1.43 bits per heavy atom. The van der Waals surface area contributed by atoms with Gasteiger partial charge in [0, 0.05) is 0 Å². The van der Waals surface area contributed by atoms with E-state index in [-0.39, 0.29) is 24.3 Å². The molecule has 0 unspecified atom stereocenters. The summed E-state index contributed by atoms with van der Waals surface area (Å²) < 4.78 is 5.25. The van der Waals surface area contributed by atoms with E-state index in [9.17, 15) is 19.4 Å². The van der Waals surface area contributed by atoms with Gasteiger partial charge in [-0.1, -0.05) is 12.1 Å². The molecule has 1 aromatic rings. The Bertz CT molecular complexity index is 633. The third-order valence-corrected chi connectivity index (χ3v) is 3.53. The van der Waals surface area contributed by atoms with Crippen molar-refractivity contribution in [3.8, 4) is 5.75 Å². The zero-order valence-electron chi connectivity index (χ0n) is 10.8. The third kappa shape index (κ3) is 2.11. The molecule has 8 nitrogen and oxygen atoms in total. The highest BCUT2D eigenvalue weighted by atomic mass is 16.5. The summed E-state index contributed by atoms with van der Waals surface area (Å²) in [6, 6.07) is 3.96. The van der Waals surface area contributed by atoms with Gasteiger partial charge in [-0.25, -0.2) is 9.59 Å². The number of nitrogens with one attached hydrogen (secondary N) is 1. The zero-order chi connectivity index (χ0) is 15.1. The van der Waals surface area contributed by atoms with Crippen molar-refractivity contribution < 1.29 is 29.2 Å². The van der Waals surface area contributed by atoms with E-state index < -0.39 is 31.0 Å². The van der Waals surface area contributed by atoms with Crippen LogP contribution in [-0.2, 0) is 11.2 Å². The van der Waals surface area contributed by atoms with E-state index >= 15 is 0 Å². The number of amides is 3. The Hall–Kier alpha value is -2.55. The smallest absolute Gasteiger partial charge is 0.534 e. The van der Waals surface area contributed by atoms with E-state index in [0.29, 0.717) is 5.56 Å². The molecule has 0 aliphatic carbocycles. The lowest BCUT2D eigenvalue weighted by Crippen LogP contribution is -2.55. The van der Waals surface area contributed by atoms with Crippen molar-refractivity contribution >= 4 is 25.0 Å². The molecule has 0 spiro atoms. The maximum Gasteiger partial charge on any atom is 0.547 e. The number of carboxylic acid groups (broad SMARTS) is 1. The lowest BCUT2D eigenvalue weighted by Gasteiger charge is -2.32. The fraction of sp³-hybridized carbons (Fsp3) is 0.250. The molecule has 0 saturated carbocycles. The van der Waals surface area contributed by atoms with Crippen LogP contribution in [-0.4, -0.2) is 52.5 Å². The molecule has 0 bridgehead atoms. The van der Waals surface area contributed by atoms with E-state index in [1.54, 1.807) is 12.1 Å². The first-order valence-corrected chi connectivity index (χ1v) is 6.29. The molecular weight excluding hydrogens is 279 g/mol. The first-order valence-electron chi connectivity index (χ1n) is 6.29. The fourth-order valence-electron chi connectivity index (χ4n) is 2.57. The van der Waals surface area contributed by atoms with Crippen LogP contribution >= 0.6 is 0 Å². The van der Waals surface area contributed by atoms with Gasteiger partial charge >= 0.3 is 19.1 Å². The SMILES string of the molecule is O=C(O)c1cccc2c1OB(O)[C@@H](N1C(=O)CNC1=O)C2. The normalized spacial score (nSPS) is 20.9. The number of carboxylic acids is 1. The summed E-state index contributed by atoms with van der Waals surface area (Å²) in [4.78, 5) is 35.4. The van der Waals surface area contributed by atoms with Crippen LogP contribution in [0, 0.1) is 0 Å². The molecule has 21 heavy (non-hydrogen) atoms. The maximum atomic E-state index is 11.7. The monoisotopic (exact) mass is 290 g/mol. The lowest BCUT2D eigenvalue weighted by molar-refractivity contribution is -0.125. The summed E-state index contributed by atoms with van der Waals surface area (Å²) >= 11 is 0. The molecular formula is C12H11BN2O6. The molecule has 108 valence electrons. The molecule has 1 fully saturated rings. The van der Waals surface area contributed by atoms with Gasteiger partial charge in [-0.3, -0.25) is 9.69 Å². The lowest BCUT2D eigenvalue weighted by atomic mass is 9.71. The summed E-state index contributed by atoms with van der Waals surface area (Å²) in [5.74, 6) is -2.43. The number of aromatic carboxylic acids is 1. The number of nitrogens with zero attached hydrogens (tertiary/aromatic N) is 1. The molecule has 2 aliphatic heterocycles. The van der Waals surface area contributed by atoms with Crippen LogP contribution in [0.3, 0.4) is 0 Å². The van der Waals surface area contributed by atoms with Gasteiger partial charge in [-0.05, 0) is 18.1 Å². The van der Waals surface area contributed by atoms with Gasteiger partial charge in [-0.2, -0.15) is 0 Å². The molecule has 3 N–H and O–H groups in total. The van der Waals surface area contributed by atoms with E-state index in [2.05, 4.69) is 5.32 Å². The van der Waals surface area contributed by atoms with Gasteiger partial charge < -0.3 is 20.1 Å². The van der Waals surface area contributed by atoms with Crippen molar-refractivity contribution in [1.29, 1.82) is 0 Å². The molecule has 1 atom stereocenters. The minimum absolute atomic E-state index is 0.0674. The summed E-state index contributed by atoms with van der Waals surface area (Å²) in [7, 11) is -1.47. The average Bonchev–Trinajstić information content (AvgIpc) is 2.77. The Morgan fingerprint density at radius 2 is 2.19 bits per heavy atom. The van der Waals surface area contributed by atoms with E-state index in [0.717, 1.165) is 4.90 Å². The van der Waals surface area contributed by atoms with Gasteiger partial charge in [0.1, 0.15) is 5.75 Å². The number of fused-ring (bicyclic) bond motifs is 1. The number of hydrogen-bond donors (Lipinski definition) is 3. The number of rotatable bonds is 2. The minimum Gasteiger partial charge on any atom is -0.534 e. The van der Waals surface area contributed by atoms with Gasteiger partial charge in [0.15, 0.2) is 0 Å². The third-order valence-electron chi connectivity index (χ3n) is 3.53. The molecule has 3 rings (SSSR count). The first-order chi connectivity index (χ1) is 9.99. The van der Waals surface area contributed by atoms with Crippen molar-refractivity contribution in [2.75, 3.05) is 6.54 Å². The largest absolute Gasteiger partial charge is 0.547 e. The van der Waals surface area contributed by atoms with Crippen LogP contribution in [0.25, 0.3) is 0 Å². The zero-order valence-corrected chi connectivity index (χ0v) is 10.8. The van der Waals surface area contributed by atoms with Gasteiger partial charge in [0.05, 0.1) is 18.0 Å². The van der Waals surface area contributed by atoms with Crippen LogP contribution in [0.1, 0.15) is 15.9 Å². The van der Waals surface area contributed by atoms with Crippen molar-refractivity contribution in [3.05, 3.63) is 29.3 Å². The molecule has 1 aromatic carbocycles. The fourth-order valence-corrected chi connectivity index (χ4v) is 2.57. The van der Waals surface area contributed by atoms with Crippen LogP contribution in [0.15, 0.2) is 18.2 Å². The number of carbonyl (C=O) groups excluding carboxylic acids is 2. The van der Waals surface area contributed by atoms with E-state index in [1.807, 2.05) is 0 Å². The quantitative estimate of drug-likeness (QED) is 0.488. The first kappa shape index (κ1) is 13.4. The molecule has 2 aliphatic rings. The van der Waals surface area contributed by atoms with Crippen molar-refractivity contribution in [2.45, 2.75) is 12.4 Å². The molecule has 3 amide bonds.